The van der Waals surface area contributed by atoms with Crippen LogP contribution >= 0.6 is 11.6 Å². The molecular weight excluding hydrogens is 184 g/mol. The Balaban J connectivity index is 2.64. The van der Waals surface area contributed by atoms with Crippen LogP contribution in [-0.4, -0.2) is 9.38 Å². The van der Waals surface area contributed by atoms with Crippen molar-refractivity contribution < 1.29 is 0 Å². The molecule has 2 aromatic heterocycles. The monoisotopic (exact) mass is 194 g/mol. The number of nitrogens with zero attached hydrogens (tertiary/aromatic N) is 2. The van der Waals surface area contributed by atoms with Crippen LogP contribution in [0.1, 0.15) is 19.2 Å². The minimum absolute atomic E-state index is 0.735. The van der Waals surface area contributed by atoms with E-state index in [-0.39, 0.29) is 0 Å². The lowest BCUT2D eigenvalue weighted by molar-refractivity contribution is 0.831. The Kier molecular flexibility index (Phi) is 2.23. The summed E-state index contributed by atoms with van der Waals surface area (Å²) in [6, 6.07) is 5.84. The number of imidazole rings is 1. The molecule has 0 fully saturated rings. The molecule has 0 aliphatic rings. The summed E-state index contributed by atoms with van der Waals surface area (Å²) in [5, 5.41) is 0.735. The molecule has 0 N–H and O–H groups in total. The van der Waals surface area contributed by atoms with Crippen molar-refractivity contribution in [1.82, 2.24) is 9.38 Å². The molecule has 2 heterocycles. The van der Waals surface area contributed by atoms with Gasteiger partial charge in [-0.25, -0.2) is 4.98 Å². The Bertz CT molecular complexity index is 420. The van der Waals surface area contributed by atoms with Crippen LogP contribution in [0.3, 0.4) is 0 Å². The SMILES string of the molecule is CCCc1ncc2cccc(Cl)n12. The zero-order valence-corrected chi connectivity index (χ0v) is 8.25. The summed E-state index contributed by atoms with van der Waals surface area (Å²) in [5.74, 6) is 1.04. The fraction of sp³-hybridized carbons (Fsp3) is 0.300. The number of fused-ring (bicyclic) bond motifs is 1. The van der Waals surface area contributed by atoms with Crippen molar-refractivity contribution in [3.05, 3.63) is 35.4 Å². The van der Waals surface area contributed by atoms with E-state index in [9.17, 15) is 0 Å². The van der Waals surface area contributed by atoms with Crippen LogP contribution in [-0.2, 0) is 6.42 Å². The Labute approximate surface area is 82.2 Å². The normalized spacial score (nSPS) is 10.9. The molecule has 0 aliphatic carbocycles. The van der Waals surface area contributed by atoms with Crippen molar-refractivity contribution in [1.29, 1.82) is 0 Å². The number of hydrogen-bond donors (Lipinski definition) is 0. The largest absolute Gasteiger partial charge is 0.287 e. The number of hydrogen-bond acceptors (Lipinski definition) is 1. The Morgan fingerprint density at radius 3 is 3.08 bits per heavy atom. The molecule has 2 nitrogen and oxygen atoms in total. The summed E-state index contributed by atoms with van der Waals surface area (Å²) >= 11 is 6.06. The van der Waals surface area contributed by atoms with Gasteiger partial charge in [-0.2, -0.15) is 0 Å². The zero-order valence-electron chi connectivity index (χ0n) is 7.50. The number of pyridine rings is 1. The van der Waals surface area contributed by atoms with Gasteiger partial charge in [-0.3, -0.25) is 4.40 Å². The third-order valence-electron chi connectivity index (χ3n) is 2.05. The van der Waals surface area contributed by atoms with Gasteiger partial charge in [0.25, 0.3) is 0 Å². The first-order chi connectivity index (χ1) is 6.33. The van der Waals surface area contributed by atoms with Crippen LogP contribution in [0.4, 0.5) is 0 Å². The van der Waals surface area contributed by atoms with Gasteiger partial charge in [-0.1, -0.05) is 24.6 Å². The second-order valence-corrected chi connectivity index (χ2v) is 3.42. The number of aromatic nitrogens is 2. The minimum atomic E-state index is 0.735. The second kappa shape index (κ2) is 3.38. The Morgan fingerprint density at radius 2 is 2.31 bits per heavy atom. The smallest absolute Gasteiger partial charge is 0.114 e. The van der Waals surface area contributed by atoms with Gasteiger partial charge >= 0.3 is 0 Å². The molecule has 68 valence electrons. The Hall–Kier alpha value is -1.02. The van der Waals surface area contributed by atoms with Gasteiger partial charge < -0.3 is 0 Å². The maximum atomic E-state index is 6.06. The zero-order chi connectivity index (χ0) is 9.26. The van der Waals surface area contributed by atoms with E-state index in [0.29, 0.717) is 0 Å². The molecule has 0 aromatic carbocycles. The molecule has 0 unspecified atom stereocenters. The summed E-state index contributed by atoms with van der Waals surface area (Å²) in [5.41, 5.74) is 1.07. The highest BCUT2D eigenvalue weighted by molar-refractivity contribution is 6.29. The van der Waals surface area contributed by atoms with E-state index in [2.05, 4.69) is 11.9 Å². The third kappa shape index (κ3) is 1.42. The predicted octanol–water partition coefficient (Wildman–Crippen LogP) is 2.94. The van der Waals surface area contributed by atoms with Gasteiger partial charge in [0, 0.05) is 6.42 Å². The fourth-order valence-electron chi connectivity index (χ4n) is 1.47. The lowest BCUT2D eigenvalue weighted by Crippen LogP contribution is -1.94. The topological polar surface area (TPSA) is 17.3 Å². The van der Waals surface area contributed by atoms with E-state index in [1.54, 1.807) is 0 Å². The molecular formula is C10H11ClN2. The highest BCUT2D eigenvalue weighted by Crippen LogP contribution is 2.15. The molecule has 3 heteroatoms. The van der Waals surface area contributed by atoms with Crippen molar-refractivity contribution in [2.45, 2.75) is 19.8 Å². The molecule has 0 spiro atoms. The minimum Gasteiger partial charge on any atom is -0.287 e. The molecule has 2 rings (SSSR count). The van der Waals surface area contributed by atoms with Gasteiger partial charge in [0.2, 0.25) is 0 Å². The second-order valence-electron chi connectivity index (χ2n) is 3.03. The lowest BCUT2D eigenvalue weighted by Gasteiger charge is -2.01. The molecule has 0 saturated carbocycles. The van der Waals surface area contributed by atoms with E-state index < -0.39 is 0 Å². The first-order valence-electron chi connectivity index (χ1n) is 4.43. The number of aryl methyl sites for hydroxylation is 1. The molecule has 0 bridgehead atoms. The van der Waals surface area contributed by atoms with Crippen molar-refractivity contribution in [2.24, 2.45) is 0 Å². The maximum Gasteiger partial charge on any atom is 0.114 e. The summed E-state index contributed by atoms with van der Waals surface area (Å²) in [4.78, 5) is 4.32. The fourth-order valence-corrected chi connectivity index (χ4v) is 1.74. The summed E-state index contributed by atoms with van der Waals surface area (Å²) < 4.78 is 1.99. The van der Waals surface area contributed by atoms with Gasteiger partial charge in [-0.15, -0.1) is 0 Å². The van der Waals surface area contributed by atoms with Crippen molar-refractivity contribution in [2.75, 3.05) is 0 Å². The summed E-state index contributed by atoms with van der Waals surface area (Å²) in [6.45, 7) is 2.14. The molecule has 2 aromatic rings. The van der Waals surface area contributed by atoms with Crippen LogP contribution in [0.25, 0.3) is 5.52 Å². The Morgan fingerprint density at radius 1 is 1.46 bits per heavy atom. The quantitative estimate of drug-likeness (QED) is 0.672. The average Bonchev–Trinajstić information content (AvgIpc) is 2.51. The molecule has 13 heavy (non-hydrogen) atoms. The van der Waals surface area contributed by atoms with Crippen LogP contribution < -0.4 is 0 Å². The van der Waals surface area contributed by atoms with E-state index in [4.69, 9.17) is 11.6 Å². The molecule has 0 saturated heterocycles. The first-order valence-corrected chi connectivity index (χ1v) is 4.81. The van der Waals surface area contributed by atoms with Crippen molar-refractivity contribution in [3.8, 4) is 0 Å². The van der Waals surface area contributed by atoms with Crippen LogP contribution in [0.5, 0.6) is 0 Å². The van der Waals surface area contributed by atoms with E-state index in [1.807, 2.05) is 28.8 Å². The van der Waals surface area contributed by atoms with Gasteiger partial charge in [0.15, 0.2) is 0 Å². The van der Waals surface area contributed by atoms with Crippen LogP contribution in [0.15, 0.2) is 24.4 Å². The average molecular weight is 195 g/mol. The highest BCUT2D eigenvalue weighted by Gasteiger charge is 2.04. The third-order valence-corrected chi connectivity index (χ3v) is 2.35. The number of halogens is 1. The molecule has 0 atom stereocenters. The van der Waals surface area contributed by atoms with Gasteiger partial charge in [-0.05, 0) is 18.6 Å². The summed E-state index contributed by atoms with van der Waals surface area (Å²) in [7, 11) is 0. The van der Waals surface area contributed by atoms with E-state index >= 15 is 0 Å². The molecule has 0 radical (unpaired) electrons. The highest BCUT2D eigenvalue weighted by atomic mass is 35.5. The standard InChI is InChI=1S/C10H11ClN2/c1-2-4-10-12-7-8-5-3-6-9(11)13(8)10/h3,5-7H,2,4H2,1H3. The van der Waals surface area contributed by atoms with E-state index in [1.165, 1.54) is 0 Å². The van der Waals surface area contributed by atoms with Crippen LogP contribution in [0.2, 0.25) is 5.15 Å². The predicted molar refractivity (Wildman–Crippen MR) is 54.2 cm³/mol. The van der Waals surface area contributed by atoms with E-state index in [0.717, 1.165) is 29.3 Å². The van der Waals surface area contributed by atoms with Gasteiger partial charge in [0.05, 0.1) is 11.7 Å². The first kappa shape index (κ1) is 8.57. The summed E-state index contributed by atoms with van der Waals surface area (Å²) in [6.07, 6.45) is 3.92. The van der Waals surface area contributed by atoms with Crippen LogP contribution in [0, 0.1) is 0 Å². The molecule has 0 aliphatic heterocycles. The maximum absolute atomic E-state index is 6.06. The number of rotatable bonds is 2. The molecule has 0 amide bonds. The van der Waals surface area contributed by atoms with Gasteiger partial charge in [0.1, 0.15) is 11.0 Å². The van der Waals surface area contributed by atoms with Crippen molar-refractivity contribution >= 4 is 17.1 Å². The lowest BCUT2D eigenvalue weighted by atomic mass is 10.3. The van der Waals surface area contributed by atoms with Crippen molar-refractivity contribution in [3.63, 3.8) is 0 Å².